The molecule has 0 fully saturated rings. The van der Waals surface area contributed by atoms with E-state index < -0.39 is 0 Å². The molecule has 0 bridgehead atoms. The van der Waals surface area contributed by atoms with E-state index in [0.29, 0.717) is 0 Å². The third kappa shape index (κ3) is 9.47. The van der Waals surface area contributed by atoms with Gasteiger partial charge >= 0.3 is 0 Å². The van der Waals surface area contributed by atoms with Gasteiger partial charge in [0.1, 0.15) is 0 Å². The van der Waals surface area contributed by atoms with Crippen LogP contribution < -0.4 is 0 Å². The summed E-state index contributed by atoms with van der Waals surface area (Å²) < 4.78 is 0. The quantitative estimate of drug-likeness (QED) is 0.261. The first-order valence-electron chi connectivity index (χ1n) is 4.39. The first-order valence-corrected chi connectivity index (χ1v) is 4.39. The first-order chi connectivity index (χ1) is 5.41. The van der Waals surface area contributed by atoms with Gasteiger partial charge in [0.15, 0.2) is 0 Å². The molecule has 2 nitrogen and oxygen atoms in total. The summed E-state index contributed by atoms with van der Waals surface area (Å²) in [5, 5.41) is 11.0. The van der Waals surface area contributed by atoms with Crippen LogP contribution in [0.15, 0.2) is 5.16 Å². The van der Waals surface area contributed by atoms with Crippen LogP contribution in [0.2, 0.25) is 0 Å². The molecule has 0 unspecified atom stereocenters. The van der Waals surface area contributed by atoms with Gasteiger partial charge in [-0.15, -0.1) is 5.16 Å². The largest absolute Gasteiger partial charge is 0.411 e. The van der Waals surface area contributed by atoms with E-state index in [2.05, 4.69) is 18.5 Å². The minimum Gasteiger partial charge on any atom is -0.411 e. The molecule has 1 N–H and O–H groups in total. The van der Waals surface area contributed by atoms with Crippen LogP contribution in [0.25, 0.3) is 0 Å². The minimum absolute atomic E-state index is 0.888. The maximum absolute atomic E-state index is 8.07. The van der Waals surface area contributed by atoms with Crippen LogP contribution in [0.3, 0.4) is 0 Å². The van der Waals surface area contributed by atoms with E-state index in [-0.39, 0.29) is 0 Å². The first kappa shape index (κ1) is 10.5. The molecule has 0 aliphatic carbocycles. The number of hydrogen-bond acceptors (Lipinski definition) is 2. The Labute approximate surface area is 69.3 Å². The summed E-state index contributed by atoms with van der Waals surface area (Å²) >= 11 is 0. The molecule has 0 aromatic carbocycles. The monoisotopic (exact) mass is 156 g/mol. The Morgan fingerprint density at radius 1 is 1.18 bits per heavy atom. The zero-order chi connectivity index (χ0) is 8.36. The van der Waals surface area contributed by atoms with E-state index >= 15 is 0 Å². The van der Waals surface area contributed by atoms with E-state index in [1.807, 2.05) is 0 Å². The van der Waals surface area contributed by atoms with Gasteiger partial charge in [0.05, 0.1) is 0 Å². The molecule has 0 amide bonds. The van der Waals surface area contributed by atoms with E-state index in [9.17, 15) is 0 Å². The van der Waals surface area contributed by atoms with Crippen LogP contribution in [0.5, 0.6) is 0 Å². The van der Waals surface area contributed by atoms with Gasteiger partial charge < -0.3 is 5.21 Å². The molecule has 0 rings (SSSR count). The summed E-state index contributed by atoms with van der Waals surface area (Å²) in [6.45, 7) is 2.20. The average molecular weight is 156 g/mol. The van der Waals surface area contributed by atoms with Crippen molar-refractivity contribution in [3.05, 3.63) is 6.42 Å². The van der Waals surface area contributed by atoms with Crippen molar-refractivity contribution >= 4 is 6.21 Å². The topological polar surface area (TPSA) is 32.6 Å². The fourth-order valence-corrected chi connectivity index (χ4v) is 0.904. The summed E-state index contributed by atoms with van der Waals surface area (Å²) in [5.41, 5.74) is 0. The summed E-state index contributed by atoms with van der Waals surface area (Å²) in [5.74, 6) is 0. The smallest absolute Gasteiger partial charge is 0.0435 e. The zero-order valence-corrected chi connectivity index (χ0v) is 7.29. The Bertz CT molecular complexity index is 91.6. The van der Waals surface area contributed by atoms with Crippen LogP contribution >= 0.6 is 0 Å². The lowest BCUT2D eigenvalue weighted by Gasteiger charge is -1.96. The number of nitrogens with zero attached hydrogens (tertiary/aromatic N) is 1. The van der Waals surface area contributed by atoms with Crippen LogP contribution in [0, 0.1) is 6.42 Å². The molecule has 65 valence electrons. The number of hydrogen-bond donors (Lipinski definition) is 1. The van der Waals surface area contributed by atoms with Gasteiger partial charge in [-0.3, -0.25) is 0 Å². The fourth-order valence-electron chi connectivity index (χ4n) is 0.904. The second-order valence-corrected chi connectivity index (χ2v) is 2.66. The van der Waals surface area contributed by atoms with Gasteiger partial charge in [-0.2, -0.15) is 0 Å². The van der Waals surface area contributed by atoms with Gasteiger partial charge in [-0.05, 0) is 25.7 Å². The van der Waals surface area contributed by atoms with E-state index in [0.717, 1.165) is 19.3 Å². The van der Waals surface area contributed by atoms with E-state index in [1.165, 1.54) is 19.3 Å². The molecule has 0 saturated heterocycles. The van der Waals surface area contributed by atoms with Crippen LogP contribution in [-0.4, -0.2) is 11.4 Å². The number of oxime groups is 1. The summed E-state index contributed by atoms with van der Waals surface area (Å²) in [6.07, 6.45) is 10.8. The van der Waals surface area contributed by atoms with Gasteiger partial charge in [0.2, 0.25) is 0 Å². The van der Waals surface area contributed by atoms with Crippen LogP contribution in [0.4, 0.5) is 0 Å². The van der Waals surface area contributed by atoms with E-state index in [1.54, 1.807) is 6.21 Å². The SMILES string of the molecule is CCCC[CH]CCCC=NO. The molecular weight excluding hydrogens is 138 g/mol. The molecule has 1 radical (unpaired) electrons. The predicted octanol–water partition coefficient (Wildman–Crippen LogP) is 3.01. The van der Waals surface area contributed by atoms with Crippen molar-refractivity contribution in [1.29, 1.82) is 0 Å². The van der Waals surface area contributed by atoms with Crippen LogP contribution in [-0.2, 0) is 0 Å². The molecule has 0 heterocycles. The van der Waals surface area contributed by atoms with Crippen molar-refractivity contribution in [3.63, 3.8) is 0 Å². The molecule has 11 heavy (non-hydrogen) atoms. The van der Waals surface area contributed by atoms with Crippen molar-refractivity contribution in [2.45, 2.75) is 45.4 Å². The zero-order valence-electron chi connectivity index (χ0n) is 7.29. The van der Waals surface area contributed by atoms with Gasteiger partial charge in [-0.1, -0.05) is 26.2 Å². The Morgan fingerprint density at radius 3 is 2.55 bits per heavy atom. The summed E-state index contributed by atoms with van der Waals surface area (Å²) in [7, 11) is 0. The molecule has 0 atom stereocenters. The van der Waals surface area contributed by atoms with Gasteiger partial charge in [0, 0.05) is 6.21 Å². The van der Waals surface area contributed by atoms with Crippen molar-refractivity contribution in [2.75, 3.05) is 0 Å². The van der Waals surface area contributed by atoms with Crippen molar-refractivity contribution in [1.82, 2.24) is 0 Å². The predicted molar refractivity (Wildman–Crippen MR) is 48.0 cm³/mol. The van der Waals surface area contributed by atoms with E-state index in [4.69, 9.17) is 5.21 Å². The second kappa shape index (κ2) is 9.47. The number of unbranched alkanes of at least 4 members (excludes halogenated alkanes) is 6. The Morgan fingerprint density at radius 2 is 1.91 bits per heavy atom. The highest BCUT2D eigenvalue weighted by molar-refractivity contribution is 5.55. The van der Waals surface area contributed by atoms with Crippen molar-refractivity contribution < 1.29 is 5.21 Å². The molecule has 0 aliphatic heterocycles. The van der Waals surface area contributed by atoms with Gasteiger partial charge in [-0.25, -0.2) is 0 Å². The van der Waals surface area contributed by atoms with Crippen molar-refractivity contribution in [3.8, 4) is 0 Å². The number of rotatable bonds is 7. The van der Waals surface area contributed by atoms with Gasteiger partial charge in [0.25, 0.3) is 0 Å². The third-order valence-electron chi connectivity index (χ3n) is 1.58. The lowest BCUT2D eigenvalue weighted by atomic mass is 10.1. The Hall–Kier alpha value is -0.530. The lowest BCUT2D eigenvalue weighted by molar-refractivity contribution is 0.320. The second-order valence-electron chi connectivity index (χ2n) is 2.66. The summed E-state index contributed by atoms with van der Waals surface area (Å²) in [6, 6.07) is 0. The maximum Gasteiger partial charge on any atom is 0.0435 e. The lowest BCUT2D eigenvalue weighted by Crippen LogP contribution is -1.81. The maximum atomic E-state index is 8.07. The highest BCUT2D eigenvalue weighted by Gasteiger charge is 1.88. The Balaban J connectivity index is 2.79. The standard InChI is InChI=1S/C9H18NO/c1-2-3-4-5-6-7-8-9-10-11/h5,9,11H,2-4,6-8H2,1H3. The molecule has 2 heteroatoms. The highest BCUT2D eigenvalue weighted by Crippen LogP contribution is 2.04. The Kier molecular flexibility index (Phi) is 9.01. The molecular formula is C9H18NO. The minimum atomic E-state index is 0.888. The molecule has 0 aromatic rings. The normalized spacial score (nSPS) is 11.0. The molecule has 0 spiro atoms. The fraction of sp³-hybridized carbons (Fsp3) is 0.778. The third-order valence-corrected chi connectivity index (χ3v) is 1.58. The molecule has 0 saturated carbocycles. The van der Waals surface area contributed by atoms with Crippen LogP contribution in [0.1, 0.15) is 45.4 Å². The van der Waals surface area contributed by atoms with Crippen molar-refractivity contribution in [2.24, 2.45) is 5.16 Å². The molecule has 0 aromatic heterocycles. The molecule has 0 aliphatic rings. The highest BCUT2D eigenvalue weighted by atomic mass is 16.4. The summed E-state index contributed by atoms with van der Waals surface area (Å²) in [4.78, 5) is 0. The average Bonchev–Trinajstić information content (AvgIpc) is 2.03.